The van der Waals surface area contributed by atoms with Crippen LogP contribution in [0.15, 0.2) is 18.2 Å². The molecule has 0 aliphatic heterocycles. The van der Waals surface area contributed by atoms with E-state index in [1.807, 2.05) is 16.8 Å². The Balaban J connectivity index is 2.70. The molecule has 4 heteroatoms. The smallest absolute Gasteiger partial charge is 0.111 e. The molecule has 1 heterocycles. The Morgan fingerprint density at radius 3 is 2.81 bits per heavy atom. The maximum Gasteiger partial charge on any atom is 0.111 e. The molecule has 0 atom stereocenters. The highest BCUT2D eigenvalue weighted by Gasteiger charge is 2.14. The normalized spacial score (nSPS) is 11.6. The molecule has 0 spiro atoms. The SMILES string of the molecule is CC(C)n1nc2c(Cl)cccc2c1CCN. The Bertz CT molecular complexity index is 502. The van der Waals surface area contributed by atoms with Gasteiger partial charge in [0.05, 0.1) is 5.02 Å². The van der Waals surface area contributed by atoms with Crippen LogP contribution in [0.5, 0.6) is 0 Å². The largest absolute Gasteiger partial charge is 0.330 e. The summed E-state index contributed by atoms with van der Waals surface area (Å²) in [4.78, 5) is 0. The first kappa shape index (κ1) is 11.4. The van der Waals surface area contributed by atoms with E-state index >= 15 is 0 Å². The lowest BCUT2D eigenvalue weighted by Gasteiger charge is -2.09. The molecule has 2 rings (SSSR count). The average molecular weight is 238 g/mol. The van der Waals surface area contributed by atoms with Crippen LogP contribution in [-0.2, 0) is 6.42 Å². The number of rotatable bonds is 3. The molecule has 0 aliphatic carbocycles. The van der Waals surface area contributed by atoms with E-state index in [1.54, 1.807) is 0 Å². The molecule has 0 aliphatic rings. The zero-order valence-electron chi connectivity index (χ0n) is 9.57. The lowest BCUT2D eigenvalue weighted by atomic mass is 10.1. The van der Waals surface area contributed by atoms with Crippen LogP contribution in [0, 0.1) is 0 Å². The number of halogens is 1. The summed E-state index contributed by atoms with van der Waals surface area (Å²) < 4.78 is 2.02. The number of nitrogens with two attached hydrogens (primary N) is 1. The summed E-state index contributed by atoms with van der Waals surface area (Å²) in [6, 6.07) is 6.20. The minimum absolute atomic E-state index is 0.324. The van der Waals surface area contributed by atoms with Crippen LogP contribution < -0.4 is 5.73 Å². The maximum absolute atomic E-state index is 6.14. The highest BCUT2D eigenvalue weighted by atomic mass is 35.5. The number of nitrogens with zero attached hydrogens (tertiary/aromatic N) is 2. The van der Waals surface area contributed by atoms with Crippen LogP contribution in [0.4, 0.5) is 0 Å². The molecule has 3 nitrogen and oxygen atoms in total. The van der Waals surface area contributed by atoms with Gasteiger partial charge >= 0.3 is 0 Å². The van der Waals surface area contributed by atoms with Crippen molar-refractivity contribution in [2.24, 2.45) is 5.73 Å². The Morgan fingerprint density at radius 1 is 1.44 bits per heavy atom. The molecular formula is C12H16ClN3. The van der Waals surface area contributed by atoms with Gasteiger partial charge in [0.1, 0.15) is 5.52 Å². The summed E-state index contributed by atoms with van der Waals surface area (Å²) in [5, 5.41) is 6.38. The monoisotopic (exact) mass is 237 g/mol. The lowest BCUT2D eigenvalue weighted by molar-refractivity contribution is 0.514. The molecule has 0 bridgehead atoms. The number of fused-ring (bicyclic) bond motifs is 1. The predicted molar refractivity (Wildman–Crippen MR) is 67.9 cm³/mol. The first-order chi connectivity index (χ1) is 7.65. The van der Waals surface area contributed by atoms with E-state index in [0.717, 1.165) is 17.3 Å². The fraction of sp³-hybridized carbons (Fsp3) is 0.417. The third-order valence-electron chi connectivity index (χ3n) is 2.65. The quantitative estimate of drug-likeness (QED) is 0.892. The van der Waals surface area contributed by atoms with Crippen molar-refractivity contribution in [3.8, 4) is 0 Å². The predicted octanol–water partition coefficient (Wildman–Crippen LogP) is 2.77. The third-order valence-corrected chi connectivity index (χ3v) is 2.96. The van der Waals surface area contributed by atoms with E-state index in [-0.39, 0.29) is 0 Å². The standard InChI is InChI=1S/C12H16ClN3/c1-8(2)16-11(6-7-14)9-4-3-5-10(13)12(9)15-16/h3-5,8H,6-7,14H2,1-2H3. The molecular weight excluding hydrogens is 222 g/mol. The Kier molecular flexibility index (Phi) is 3.17. The summed E-state index contributed by atoms with van der Waals surface area (Å²) in [6.45, 7) is 4.85. The second-order valence-electron chi connectivity index (χ2n) is 4.16. The Morgan fingerprint density at radius 2 is 2.19 bits per heavy atom. The second kappa shape index (κ2) is 4.44. The van der Waals surface area contributed by atoms with Gasteiger partial charge in [-0.25, -0.2) is 0 Å². The highest BCUT2D eigenvalue weighted by Crippen LogP contribution is 2.27. The summed E-state index contributed by atoms with van der Waals surface area (Å²) in [6.07, 6.45) is 0.828. The van der Waals surface area contributed by atoms with Crippen molar-refractivity contribution in [2.45, 2.75) is 26.3 Å². The minimum Gasteiger partial charge on any atom is -0.330 e. The first-order valence-electron chi connectivity index (χ1n) is 5.50. The first-order valence-corrected chi connectivity index (χ1v) is 5.88. The zero-order chi connectivity index (χ0) is 11.7. The molecule has 0 saturated heterocycles. The molecule has 2 aromatic rings. The van der Waals surface area contributed by atoms with Crippen molar-refractivity contribution in [1.29, 1.82) is 0 Å². The minimum atomic E-state index is 0.324. The van der Waals surface area contributed by atoms with Gasteiger partial charge in [-0.15, -0.1) is 0 Å². The second-order valence-corrected chi connectivity index (χ2v) is 4.57. The summed E-state index contributed by atoms with van der Waals surface area (Å²) >= 11 is 6.14. The van der Waals surface area contributed by atoms with E-state index in [1.165, 1.54) is 5.69 Å². The van der Waals surface area contributed by atoms with Crippen molar-refractivity contribution in [3.05, 3.63) is 28.9 Å². The fourth-order valence-electron chi connectivity index (χ4n) is 1.95. The number of benzene rings is 1. The van der Waals surface area contributed by atoms with Gasteiger partial charge in [-0.3, -0.25) is 4.68 Å². The van der Waals surface area contributed by atoms with Gasteiger partial charge in [-0.2, -0.15) is 5.10 Å². The summed E-state index contributed by atoms with van der Waals surface area (Å²) in [5.41, 5.74) is 7.70. The molecule has 1 aromatic carbocycles. The van der Waals surface area contributed by atoms with Gasteiger partial charge in [-0.05, 0) is 26.5 Å². The Hall–Kier alpha value is -1.06. The zero-order valence-corrected chi connectivity index (χ0v) is 10.3. The highest BCUT2D eigenvalue weighted by molar-refractivity contribution is 6.35. The van der Waals surface area contributed by atoms with Crippen molar-refractivity contribution < 1.29 is 0 Å². The van der Waals surface area contributed by atoms with E-state index in [0.29, 0.717) is 17.6 Å². The van der Waals surface area contributed by atoms with E-state index in [4.69, 9.17) is 17.3 Å². The van der Waals surface area contributed by atoms with Crippen LogP contribution >= 0.6 is 11.6 Å². The number of hydrogen-bond donors (Lipinski definition) is 1. The van der Waals surface area contributed by atoms with Crippen LogP contribution in [0.1, 0.15) is 25.6 Å². The van der Waals surface area contributed by atoms with Crippen molar-refractivity contribution in [2.75, 3.05) is 6.54 Å². The molecule has 0 saturated carbocycles. The molecule has 0 unspecified atom stereocenters. The van der Waals surface area contributed by atoms with Gasteiger partial charge in [0, 0.05) is 23.5 Å². The van der Waals surface area contributed by atoms with Crippen LogP contribution in [0.25, 0.3) is 10.9 Å². The molecule has 0 fully saturated rings. The van der Waals surface area contributed by atoms with Crippen molar-refractivity contribution in [3.63, 3.8) is 0 Å². The van der Waals surface area contributed by atoms with E-state index in [9.17, 15) is 0 Å². The van der Waals surface area contributed by atoms with Crippen LogP contribution in [-0.4, -0.2) is 16.3 Å². The van der Waals surface area contributed by atoms with Crippen molar-refractivity contribution >= 4 is 22.5 Å². The topological polar surface area (TPSA) is 43.8 Å². The molecule has 0 radical (unpaired) electrons. The summed E-state index contributed by atoms with van der Waals surface area (Å²) in [5.74, 6) is 0. The molecule has 0 amide bonds. The van der Waals surface area contributed by atoms with Crippen LogP contribution in [0.3, 0.4) is 0 Å². The van der Waals surface area contributed by atoms with Gasteiger partial charge in [0.2, 0.25) is 0 Å². The molecule has 86 valence electrons. The molecule has 1 aromatic heterocycles. The summed E-state index contributed by atoms with van der Waals surface area (Å²) in [7, 11) is 0. The number of aromatic nitrogens is 2. The van der Waals surface area contributed by atoms with E-state index in [2.05, 4.69) is 25.0 Å². The lowest BCUT2D eigenvalue weighted by Crippen LogP contribution is -2.12. The third kappa shape index (κ3) is 1.81. The van der Waals surface area contributed by atoms with Gasteiger partial charge in [-0.1, -0.05) is 23.7 Å². The molecule has 2 N–H and O–H groups in total. The average Bonchev–Trinajstić information content (AvgIpc) is 2.60. The number of hydrogen-bond acceptors (Lipinski definition) is 2. The van der Waals surface area contributed by atoms with Gasteiger partial charge in [0.15, 0.2) is 0 Å². The fourth-order valence-corrected chi connectivity index (χ4v) is 2.17. The van der Waals surface area contributed by atoms with Gasteiger partial charge < -0.3 is 5.73 Å². The van der Waals surface area contributed by atoms with Crippen molar-refractivity contribution in [1.82, 2.24) is 9.78 Å². The maximum atomic E-state index is 6.14. The van der Waals surface area contributed by atoms with E-state index < -0.39 is 0 Å². The van der Waals surface area contributed by atoms with Crippen LogP contribution in [0.2, 0.25) is 5.02 Å². The van der Waals surface area contributed by atoms with Gasteiger partial charge in [0.25, 0.3) is 0 Å². The molecule has 16 heavy (non-hydrogen) atoms. The Labute approximate surface area is 100 Å².